The highest BCUT2D eigenvalue weighted by Crippen LogP contribution is 2.24. The van der Waals surface area contributed by atoms with Crippen molar-refractivity contribution in [3.05, 3.63) is 16.9 Å². The van der Waals surface area contributed by atoms with Crippen molar-refractivity contribution >= 4 is 34.2 Å². The van der Waals surface area contributed by atoms with Gasteiger partial charge >= 0.3 is 0 Å². The van der Waals surface area contributed by atoms with Crippen LogP contribution in [0.4, 0.5) is 0 Å². The molecule has 0 bridgehead atoms. The number of carbonyl (C=O) groups is 1. The molecule has 1 unspecified atom stereocenters. The van der Waals surface area contributed by atoms with Crippen LogP contribution >= 0.6 is 28.3 Å². The Morgan fingerprint density at radius 2 is 2.14 bits per heavy atom. The van der Waals surface area contributed by atoms with Gasteiger partial charge in [-0.15, -0.1) is 12.4 Å². The Hall–Kier alpha value is -0.590. The molecule has 2 fully saturated rings. The molecule has 0 aromatic carbocycles. The minimum atomic E-state index is 0. The fraction of sp³-hybridized carbons (Fsp3) is 0.733. The van der Waals surface area contributed by atoms with Crippen LogP contribution in [0.5, 0.6) is 0 Å². The average molecular weight is 392 g/mol. The van der Waals surface area contributed by atoms with Crippen molar-refractivity contribution < 1.29 is 4.79 Å². The Kier molecular flexibility index (Phi) is 6.71. The number of nitrogens with one attached hydrogen (secondary N) is 1. The standard InChI is InChI=1S/C15H23BrN4O.ClH/c16-13-10-18-20(11-13)14-4-7-19(8-5-14)15(21)2-1-12-3-6-17-9-12;/h10-12,14,17H,1-9H2;1H. The maximum absolute atomic E-state index is 12.3. The second-order valence-electron chi connectivity index (χ2n) is 6.15. The first kappa shape index (κ1) is 17.8. The first-order chi connectivity index (χ1) is 10.2. The second kappa shape index (κ2) is 8.31. The summed E-state index contributed by atoms with van der Waals surface area (Å²) in [6, 6.07) is 0.430. The molecule has 7 heteroatoms. The molecule has 2 aliphatic heterocycles. The third kappa shape index (κ3) is 4.46. The summed E-state index contributed by atoms with van der Waals surface area (Å²) in [5, 5.41) is 7.72. The van der Waals surface area contributed by atoms with Gasteiger partial charge in [-0.1, -0.05) is 0 Å². The predicted octanol–water partition coefficient (Wildman–Crippen LogP) is 2.62. The molecule has 1 aromatic heterocycles. The number of rotatable bonds is 4. The van der Waals surface area contributed by atoms with E-state index in [-0.39, 0.29) is 12.4 Å². The topological polar surface area (TPSA) is 50.2 Å². The summed E-state index contributed by atoms with van der Waals surface area (Å²) in [4.78, 5) is 14.3. The molecule has 0 spiro atoms. The predicted molar refractivity (Wildman–Crippen MR) is 92.2 cm³/mol. The van der Waals surface area contributed by atoms with Crippen molar-refractivity contribution in [1.29, 1.82) is 0 Å². The lowest BCUT2D eigenvalue weighted by Gasteiger charge is -2.32. The summed E-state index contributed by atoms with van der Waals surface area (Å²) in [5.41, 5.74) is 0. The Bertz CT molecular complexity index is 482. The van der Waals surface area contributed by atoms with Gasteiger partial charge in [0.25, 0.3) is 0 Å². The highest BCUT2D eigenvalue weighted by atomic mass is 79.9. The zero-order chi connectivity index (χ0) is 14.7. The lowest BCUT2D eigenvalue weighted by Crippen LogP contribution is -2.39. The van der Waals surface area contributed by atoms with Gasteiger partial charge in [0, 0.05) is 25.7 Å². The van der Waals surface area contributed by atoms with Crippen molar-refractivity contribution in [2.45, 2.75) is 38.1 Å². The number of piperidine rings is 1. The van der Waals surface area contributed by atoms with E-state index in [4.69, 9.17) is 0 Å². The maximum Gasteiger partial charge on any atom is 0.222 e. The van der Waals surface area contributed by atoms with E-state index in [0.29, 0.717) is 24.3 Å². The SMILES string of the molecule is Cl.O=C(CCC1CCNC1)N1CCC(n2cc(Br)cn2)CC1. The van der Waals surface area contributed by atoms with Crippen LogP contribution in [0.3, 0.4) is 0 Å². The van der Waals surface area contributed by atoms with Crippen LogP contribution < -0.4 is 5.32 Å². The van der Waals surface area contributed by atoms with Gasteiger partial charge in [0.2, 0.25) is 5.91 Å². The molecule has 3 rings (SSSR count). The van der Waals surface area contributed by atoms with Crippen LogP contribution in [0.25, 0.3) is 0 Å². The quantitative estimate of drug-likeness (QED) is 0.858. The molecule has 0 saturated carbocycles. The molecule has 22 heavy (non-hydrogen) atoms. The molecule has 2 saturated heterocycles. The fourth-order valence-electron chi connectivity index (χ4n) is 3.34. The highest BCUT2D eigenvalue weighted by Gasteiger charge is 2.25. The lowest BCUT2D eigenvalue weighted by molar-refractivity contribution is -0.132. The minimum Gasteiger partial charge on any atom is -0.343 e. The van der Waals surface area contributed by atoms with Gasteiger partial charge in [-0.25, -0.2) is 0 Å². The molecule has 0 radical (unpaired) electrons. The van der Waals surface area contributed by atoms with E-state index in [1.165, 1.54) is 6.42 Å². The van der Waals surface area contributed by atoms with Gasteiger partial charge < -0.3 is 10.2 Å². The number of hydrogen-bond donors (Lipinski definition) is 1. The minimum absolute atomic E-state index is 0. The van der Waals surface area contributed by atoms with Gasteiger partial charge in [0.1, 0.15) is 0 Å². The molecule has 124 valence electrons. The molecular weight excluding hydrogens is 368 g/mol. The largest absolute Gasteiger partial charge is 0.343 e. The van der Waals surface area contributed by atoms with E-state index in [1.54, 1.807) is 0 Å². The van der Waals surface area contributed by atoms with E-state index in [9.17, 15) is 4.79 Å². The third-order valence-corrected chi connectivity index (χ3v) is 5.10. The van der Waals surface area contributed by atoms with Crippen LogP contribution in [0.2, 0.25) is 0 Å². The molecular formula is C15H24BrClN4O. The smallest absolute Gasteiger partial charge is 0.222 e. The van der Waals surface area contributed by atoms with Crippen molar-refractivity contribution in [3.63, 3.8) is 0 Å². The number of aromatic nitrogens is 2. The summed E-state index contributed by atoms with van der Waals surface area (Å²) in [6.07, 6.45) is 8.84. The molecule has 3 heterocycles. The van der Waals surface area contributed by atoms with Crippen molar-refractivity contribution in [2.24, 2.45) is 5.92 Å². The molecule has 1 N–H and O–H groups in total. The van der Waals surface area contributed by atoms with Crippen LogP contribution in [0.1, 0.15) is 38.1 Å². The van der Waals surface area contributed by atoms with E-state index >= 15 is 0 Å². The van der Waals surface area contributed by atoms with Gasteiger partial charge in [0.05, 0.1) is 16.7 Å². The highest BCUT2D eigenvalue weighted by molar-refractivity contribution is 9.10. The number of likely N-dealkylation sites (tertiary alicyclic amines) is 1. The van der Waals surface area contributed by atoms with Crippen LogP contribution in [0, 0.1) is 5.92 Å². The molecule has 1 amide bonds. The van der Waals surface area contributed by atoms with E-state index in [1.807, 2.05) is 22.0 Å². The van der Waals surface area contributed by atoms with Gasteiger partial charge in [-0.3, -0.25) is 9.48 Å². The number of halogens is 2. The zero-order valence-corrected chi connectivity index (χ0v) is 15.1. The molecule has 0 aliphatic carbocycles. The molecule has 1 aromatic rings. The van der Waals surface area contributed by atoms with Crippen LogP contribution in [-0.2, 0) is 4.79 Å². The monoisotopic (exact) mass is 390 g/mol. The van der Waals surface area contributed by atoms with Crippen LogP contribution in [-0.4, -0.2) is 46.8 Å². The number of amides is 1. The maximum atomic E-state index is 12.3. The molecule has 2 aliphatic rings. The van der Waals surface area contributed by atoms with Crippen molar-refractivity contribution in [1.82, 2.24) is 20.0 Å². The number of carbonyl (C=O) groups excluding carboxylic acids is 1. The number of nitrogens with zero attached hydrogens (tertiary/aromatic N) is 3. The summed E-state index contributed by atoms with van der Waals surface area (Å²) in [5.74, 6) is 1.04. The summed E-state index contributed by atoms with van der Waals surface area (Å²) < 4.78 is 3.04. The van der Waals surface area contributed by atoms with Crippen LogP contribution in [0.15, 0.2) is 16.9 Å². The fourth-order valence-corrected chi connectivity index (χ4v) is 3.64. The van der Waals surface area contributed by atoms with E-state index in [0.717, 1.165) is 49.9 Å². The summed E-state index contributed by atoms with van der Waals surface area (Å²) >= 11 is 3.43. The van der Waals surface area contributed by atoms with Gasteiger partial charge in [-0.05, 0) is 60.6 Å². The van der Waals surface area contributed by atoms with Gasteiger partial charge in [0.15, 0.2) is 0 Å². The van der Waals surface area contributed by atoms with E-state index in [2.05, 4.69) is 26.3 Å². The Labute approximate surface area is 146 Å². The Balaban J connectivity index is 0.00000176. The Morgan fingerprint density at radius 3 is 2.73 bits per heavy atom. The molecule has 5 nitrogen and oxygen atoms in total. The summed E-state index contributed by atoms with van der Waals surface area (Å²) in [7, 11) is 0. The van der Waals surface area contributed by atoms with E-state index < -0.39 is 0 Å². The second-order valence-corrected chi connectivity index (χ2v) is 7.06. The first-order valence-corrected chi connectivity index (χ1v) is 8.70. The van der Waals surface area contributed by atoms with Crippen molar-refractivity contribution in [3.8, 4) is 0 Å². The lowest BCUT2D eigenvalue weighted by atomic mass is 10.0. The zero-order valence-electron chi connectivity index (χ0n) is 12.7. The summed E-state index contributed by atoms with van der Waals surface area (Å²) in [6.45, 7) is 3.93. The molecule has 1 atom stereocenters. The Morgan fingerprint density at radius 1 is 1.36 bits per heavy atom. The first-order valence-electron chi connectivity index (χ1n) is 7.90. The average Bonchev–Trinajstić information content (AvgIpc) is 3.16. The normalized spacial score (nSPS) is 22.6. The third-order valence-electron chi connectivity index (χ3n) is 4.69. The van der Waals surface area contributed by atoms with Gasteiger partial charge in [-0.2, -0.15) is 5.10 Å². The number of hydrogen-bond acceptors (Lipinski definition) is 3. The van der Waals surface area contributed by atoms with Crippen molar-refractivity contribution in [2.75, 3.05) is 26.2 Å².